The molecule has 1 atom stereocenters. The molecule has 3 rings (SSSR count). The zero-order chi connectivity index (χ0) is 19.4. The third-order valence-electron chi connectivity index (χ3n) is 4.11. The number of anilines is 2. The van der Waals surface area contributed by atoms with Gasteiger partial charge in [-0.3, -0.25) is 4.79 Å². The second kappa shape index (κ2) is 7.78. The van der Waals surface area contributed by atoms with Gasteiger partial charge in [0.25, 0.3) is 5.91 Å². The first-order valence-corrected chi connectivity index (χ1v) is 10.1. The van der Waals surface area contributed by atoms with Gasteiger partial charge in [0, 0.05) is 18.3 Å². The predicted molar refractivity (Wildman–Crippen MR) is 100 cm³/mol. The molecular weight excluding hydrogens is 372 g/mol. The van der Waals surface area contributed by atoms with Crippen LogP contribution in [0.3, 0.4) is 0 Å². The second-order valence-electron chi connectivity index (χ2n) is 6.03. The highest BCUT2D eigenvalue weighted by Gasteiger charge is 2.28. The van der Waals surface area contributed by atoms with Gasteiger partial charge in [-0.2, -0.15) is 0 Å². The number of hydrogen-bond acceptors (Lipinski definition) is 8. The summed E-state index contributed by atoms with van der Waals surface area (Å²) in [7, 11) is 0.0149. The maximum Gasteiger partial charge on any atom is 0.274 e. The molecule has 0 spiro atoms. The molecule has 0 aliphatic carbocycles. The van der Waals surface area contributed by atoms with Gasteiger partial charge in [0.15, 0.2) is 9.84 Å². The normalized spacial score (nSPS) is 17.9. The Hall–Kier alpha value is -2.88. The number of hydrogen-bond donors (Lipinski definition) is 2. The molecule has 9 nitrogen and oxygen atoms in total. The van der Waals surface area contributed by atoms with Gasteiger partial charge in [-0.15, -0.1) is 0 Å². The number of methoxy groups -OCH3 is 2. The zero-order valence-electron chi connectivity index (χ0n) is 14.9. The van der Waals surface area contributed by atoms with Crippen molar-refractivity contribution in [2.24, 2.45) is 0 Å². The molecule has 1 saturated heterocycles. The molecule has 1 unspecified atom stereocenters. The Bertz CT molecular complexity index is 948. The number of carbonyl (C=O) groups excluding carboxylic acids is 1. The lowest BCUT2D eigenvalue weighted by molar-refractivity contribution is 0.102. The lowest BCUT2D eigenvalue weighted by Crippen LogP contribution is -2.23. The molecule has 1 aliphatic rings. The molecule has 144 valence electrons. The van der Waals surface area contributed by atoms with Gasteiger partial charge < -0.3 is 20.1 Å². The number of carbonyl (C=O) groups is 1. The number of ether oxygens (including phenoxy) is 2. The zero-order valence-corrected chi connectivity index (χ0v) is 15.7. The quantitative estimate of drug-likeness (QED) is 0.756. The maximum absolute atomic E-state index is 12.5. The number of nitrogens with one attached hydrogen (secondary N) is 2. The number of benzene rings is 1. The fourth-order valence-corrected chi connectivity index (χ4v) is 4.41. The van der Waals surface area contributed by atoms with Crippen LogP contribution in [0.2, 0.25) is 0 Å². The van der Waals surface area contributed by atoms with Gasteiger partial charge >= 0.3 is 0 Å². The Labute approximate surface area is 157 Å². The van der Waals surface area contributed by atoms with Crippen LogP contribution in [-0.2, 0) is 9.84 Å². The number of sulfone groups is 1. The molecule has 1 aromatic heterocycles. The second-order valence-corrected chi connectivity index (χ2v) is 8.26. The molecule has 1 aliphatic heterocycles. The van der Waals surface area contributed by atoms with Crippen molar-refractivity contribution in [2.45, 2.75) is 12.5 Å². The topological polar surface area (TPSA) is 120 Å². The number of amides is 1. The molecule has 1 fully saturated rings. The Morgan fingerprint density at radius 1 is 1.22 bits per heavy atom. The van der Waals surface area contributed by atoms with E-state index in [1.54, 1.807) is 18.2 Å². The van der Waals surface area contributed by atoms with E-state index in [1.807, 2.05) is 0 Å². The number of aromatic nitrogens is 2. The van der Waals surface area contributed by atoms with E-state index >= 15 is 0 Å². The van der Waals surface area contributed by atoms with Gasteiger partial charge in [0.2, 0.25) is 5.95 Å². The Balaban J connectivity index is 1.72. The predicted octanol–water partition coefficient (Wildman–Crippen LogP) is 1.35. The fraction of sp³-hybridized carbons (Fsp3) is 0.353. The summed E-state index contributed by atoms with van der Waals surface area (Å²) in [6.45, 7) is 0. The summed E-state index contributed by atoms with van der Waals surface area (Å²) in [6.07, 6.45) is 1.93. The summed E-state index contributed by atoms with van der Waals surface area (Å²) in [5.74, 6) is 1.00. The van der Waals surface area contributed by atoms with Crippen molar-refractivity contribution in [2.75, 3.05) is 36.4 Å². The van der Waals surface area contributed by atoms with Crippen LogP contribution in [0.5, 0.6) is 11.5 Å². The highest BCUT2D eigenvalue weighted by molar-refractivity contribution is 7.91. The Kier molecular flexibility index (Phi) is 5.45. The minimum Gasteiger partial charge on any atom is -0.497 e. The minimum absolute atomic E-state index is 0.0375. The molecule has 0 bridgehead atoms. The van der Waals surface area contributed by atoms with Crippen LogP contribution in [0.1, 0.15) is 16.9 Å². The van der Waals surface area contributed by atoms with Crippen LogP contribution in [0.25, 0.3) is 0 Å². The first-order chi connectivity index (χ1) is 12.9. The van der Waals surface area contributed by atoms with Crippen LogP contribution in [0.4, 0.5) is 11.6 Å². The third-order valence-corrected chi connectivity index (χ3v) is 5.88. The fourth-order valence-electron chi connectivity index (χ4n) is 2.73. The molecule has 27 heavy (non-hydrogen) atoms. The van der Waals surface area contributed by atoms with Gasteiger partial charge in [-0.05, 0) is 24.6 Å². The highest BCUT2D eigenvalue weighted by Crippen LogP contribution is 2.29. The van der Waals surface area contributed by atoms with E-state index in [0.717, 1.165) is 0 Å². The monoisotopic (exact) mass is 392 g/mol. The molecule has 2 heterocycles. The van der Waals surface area contributed by atoms with Crippen molar-refractivity contribution in [3.63, 3.8) is 0 Å². The average molecular weight is 392 g/mol. The van der Waals surface area contributed by atoms with Crippen molar-refractivity contribution in [1.82, 2.24) is 9.97 Å². The largest absolute Gasteiger partial charge is 0.497 e. The van der Waals surface area contributed by atoms with Gasteiger partial charge in [-0.25, -0.2) is 18.4 Å². The van der Waals surface area contributed by atoms with Gasteiger partial charge in [0.05, 0.1) is 31.4 Å². The molecule has 10 heteroatoms. The van der Waals surface area contributed by atoms with E-state index in [0.29, 0.717) is 23.6 Å². The smallest absolute Gasteiger partial charge is 0.274 e. The SMILES string of the molecule is COc1ccc(NC(=O)c2ccnc(NC3CCS(=O)(=O)C3)n2)c(OC)c1. The van der Waals surface area contributed by atoms with Crippen LogP contribution < -0.4 is 20.1 Å². The maximum atomic E-state index is 12.5. The van der Waals surface area contributed by atoms with E-state index in [4.69, 9.17) is 9.47 Å². The number of rotatable bonds is 6. The molecule has 1 aromatic carbocycles. The Morgan fingerprint density at radius 3 is 2.70 bits per heavy atom. The standard InChI is InChI=1S/C17H20N4O5S/c1-25-12-3-4-13(15(9-12)26-2)20-16(22)14-5-7-18-17(21-14)19-11-6-8-27(23,24)10-11/h3-5,7,9,11H,6,8,10H2,1-2H3,(H,20,22)(H,18,19,21). The summed E-state index contributed by atoms with van der Waals surface area (Å²) >= 11 is 0. The summed E-state index contributed by atoms with van der Waals surface area (Å²) in [4.78, 5) is 20.8. The van der Waals surface area contributed by atoms with Crippen LogP contribution in [0, 0.1) is 0 Å². The average Bonchev–Trinajstić information content (AvgIpc) is 3.00. The van der Waals surface area contributed by atoms with Crippen molar-refractivity contribution in [3.05, 3.63) is 36.2 Å². The lowest BCUT2D eigenvalue weighted by Gasteiger charge is -2.13. The molecule has 1 amide bonds. The number of nitrogens with zero attached hydrogens (tertiary/aromatic N) is 2. The summed E-state index contributed by atoms with van der Waals surface area (Å²) in [5, 5.41) is 5.70. The van der Waals surface area contributed by atoms with E-state index in [1.165, 1.54) is 26.5 Å². The van der Waals surface area contributed by atoms with Crippen LogP contribution in [0.15, 0.2) is 30.5 Å². The molecule has 0 radical (unpaired) electrons. The van der Waals surface area contributed by atoms with E-state index in [2.05, 4.69) is 20.6 Å². The van der Waals surface area contributed by atoms with Crippen LogP contribution >= 0.6 is 0 Å². The molecule has 0 saturated carbocycles. The molecule has 2 N–H and O–H groups in total. The first kappa shape index (κ1) is 18.9. The summed E-state index contributed by atoms with van der Waals surface area (Å²) in [5.41, 5.74) is 0.615. The third kappa shape index (κ3) is 4.64. The van der Waals surface area contributed by atoms with Crippen molar-refractivity contribution in [1.29, 1.82) is 0 Å². The van der Waals surface area contributed by atoms with Gasteiger partial charge in [0.1, 0.15) is 17.2 Å². The molecular formula is C17H20N4O5S. The lowest BCUT2D eigenvalue weighted by atomic mass is 10.2. The van der Waals surface area contributed by atoms with Crippen LogP contribution in [-0.4, -0.2) is 56.1 Å². The molecule has 2 aromatic rings. The summed E-state index contributed by atoms with van der Waals surface area (Å²) < 4.78 is 33.5. The van der Waals surface area contributed by atoms with E-state index < -0.39 is 15.7 Å². The van der Waals surface area contributed by atoms with Gasteiger partial charge in [-0.1, -0.05) is 0 Å². The first-order valence-electron chi connectivity index (χ1n) is 8.23. The van der Waals surface area contributed by atoms with E-state index in [9.17, 15) is 13.2 Å². The van der Waals surface area contributed by atoms with Crippen molar-refractivity contribution in [3.8, 4) is 11.5 Å². The minimum atomic E-state index is -3.02. The Morgan fingerprint density at radius 2 is 2.04 bits per heavy atom. The van der Waals surface area contributed by atoms with E-state index in [-0.39, 0.29) is 29.2 Å². The highest BCUT2D eigenvalue weighted by atomic mass is 32.2. The summed E-state index contributed by atoms with van der Waals surface area (Å²) in [6, 6.07) is 6.24. The van der Waals surface area contributed by atoms with Crippen molar-refractivity contribution < 1.29 is 22.7 Å². The van der Waals surface area contributed by atoms with Crippen molar-refractivity contribution >= 4 is 27.4 Å².